The number of amides is 2. The minimum atomic E-state index is -0.883. The maximum absolute atomic E-state index is 12.8. The number of ether oxygens (including phenoxy) is 1. The molecule has 9 heteroatoms. The zero-order valence-corrected chi connectivity index (χ0v) is 18.1. The number of rotatable bonds is 6. The average molecular weight is 438 g/mol. The molecule has 2 aliphatic heterocycles. The Morgan fingerprint density at radius 2 is 1.81 bits per heavy atom. The van der Waals surface area contributed by atoms with Gasteiger partial charge in [-0.1, -0.05) is 12.1 Å². The summed E-state index contributed by atoms with van der Waals surface area (Å²) in [5, 5.41) is 0. The molecule has 3 heterocycles. The van der Waals surface area contributed by atoms with Crippen LogP contribution in [0.3, 0.4) is 0 Å². The molecule has 168 valence electrons. The highest BCUT2D eigenvalue weighted by molar-refractivity contribution is 5.92. The molecule has 0 spiro atoms. The summed E-state index contributed by atoms with van der Waals surface area (Å²) in [6.07, 6.45) is 3.95. The molecule has 32 heavy (non-hydrogen) atoms. The SMILES string of the molecule is CC(OC(=O)c1cccc(CN2CCCC2=O)c1)C(=O)N1CCN(c2ncccn2)CC1. The van der Waals surface area contributed by atoms with Gasteiger partial charge in [0.05, 0.1) is 5.56 Å². The molecule has 0 aliphatic carbocycles. The molecular weight excluding hydrogens is 410 g/mol. The molecule has 1 aromatic carbocycles. The minimum Gasteiger partial charge on any atom is -0.449 e. The summed E-state index contributed by atoms with van der Waals surface area (Å²) in [5.41, 5.74) is 1.24. The van der Waals surface area contributed by atoms with Crippen molar-refractivity contribution in [1.29, 1.82) is 0 Å². The molecule has 9 nitrogen and oxygen atoms in total. The minimum absolute atomic E-state index is 0.135. The Morgan fingerprint density at radius 1 is 1.06 bits per heavy atom. The van der Waals surface area contributed by atoms with Crippen molar-refractivity contribution in [2.24, 2.45) is 0 Å². The van der Waals surface area contributed by atoms with Crippen molar-refractivity contribution >= 4 is 23.7 Å². The summed E-state index contributed by atoms with van der Waals surface area (Å²) in [7, 11) is 0. The molecule has 1 unspecified atom stereocenters. The van der Waals surface area contributed by atoms with E-state index in [0.717, 1.165) is 18.5 Å². The van der Waals surface area contributed by atoms with Crippen molar-refractivity contribution in [2.75, 3.05) is 37.6 Å². The molecule has 2 saturated heterocycles. The van der Waals surface area contributed by atoms with Crippen molar-refractivity contribution < 1.29 is 19.1 Å². The second-order valence-electron chi connectivity index (χ2n) is 8.03. The molecule has 0 bridgehead atoms. The van der Waals surface area contributed by atoms with Gasteiger partial charge in [-0.05, 0) is 37.1 Å². The van der Waals surface area contributed by atoms with Crippen LogP contribution in [0.25, 0.3) is 0 Å². The summed E-state index contributed by atoms with van der Waals surface area (Å²) >= 11 is 0. The van der Waals surface area contributed by atoms with Gasteiger partial charge in [-0.2, -0.15) is 0 Å². The lowest BCUT2D eigenvalue weighted by molar-refractivity contribution is -0.140. The highest BCUT2D eigenvalue weighted by Gasteiger charge is 2.28. The van der Waals surface area contributed by atoms with Crippen LogP contribution in [0.5, 0.6) is 0 Å². The quantitative estimate of drug-likeness (QED) is 0.632. The second kappa shape index (κ2) is 9.76. The molecule has 1 aromatic heterocycles. The van der Waals surface area contributed by atoms with Crippen LogP contribution in [-0.4, -0.2) is 76.4 Å². The Bertz CT molecular complexity index is 975. The van der Waals surface area contributed by atoms with Gasteiger partial charge in [0.2, 0.25) is 11.9 Å². The summed E-state index contributed by atoms with van der Waals surface area (Å²) in [6, 6.07) is 8.80. The number of esters is 1. The van der Waals surface area contributed by atoms with Gasteiger partial charge < -0.3 is 19.4 Å². The van der Waals surface area contributed by atoms with Gasteiger partial charge in [-0.25, -0.2) is 14.8 Å². The van der Waals surface area contributed by atoms with Crippen LogP contribution in [0.15, 0.2) is 42.7 Å². The maximum Gasteiger partial charge on any atom is 0.338 e. The number of anilines is 1. The fourth-order valence-electron chi connectivity index (χ4n) is 4.01. The summed E-state index contributed by atoms with van der Waals surface area (Å²) in [5.74, 6) is 0.0216. The third-order valence-corrected chi connectivity index (χ3v) is 5.77. The number of likely N-dealkylation sites (tertiary alicyclic amines) is 1. The van der Waals surface area contributed by atoms with E-state index < -0.39 is 12.1 Å². The van der Waals surface area contributed by atoms with Gasteiger partial charge in [0.25, 0.3) is 5.91 Å². The molecule has 4 rings (SSSR count). The van der Waals surface area contributed by atoms with Gasteiger partial charge in [-0.15, -0.1) is 0 Å². The highest BCUT2D eigenvalue weighted by atomic mass is 16.5. The Morgan fingerprint density at radius 3 is 2.50 bits per heavy atom. The summed E-state index contributed by atoms with van der Waals surface area (Å²) in [4.78, 5) is 51.3. The first-order chi connectivity index (χ1) is 15.5. The molecule has 0 saturated carbocycles. The molecule has 1 atom stereocenters. The van der Waals surface area contributed by atoms with Crippen molar-refractivity contribution in [3.63, 3.8) is 0 Å². The van der Waals surface area contributed by atoms with Gasteiger partial charge >= 0.3 is 5.97 Å². The first kappa shape index (κ1) is 21.7. The smallest absolute Gasteiger partial charge is 0.338 e. The van der Waals surface area contributed by atoms with Gasteiger partial charge in [0.15, 0.2) is 6.10 Å². The molecule has 0 radical (unpaired) electrons. The first-order valence-electron chi connectivity index (χ1n) is 10.9. The monoisotopic (exact) mass is 437 g/mol. The lowest BCUT2D eigenvalue weighted by Crippen LogP contribution is -2.52. The van der Waals surface area contributed by atoms with Gasteiger partial charge in [0.1, 0.15) is 0 Å². The number of aromatic nitrogens is 2. The van der Waals surface area contributed by atoms with Crippen molar-refractivity contribution in [3.8, 4) is 0 Å². The first-order valence-corrected chi connectivity index (χ1v) is 10.9. The Hall–Kier alpha value is -3.49. The van der Waals surface area contributed by atoms with E-state index in [4.69, 9.17) is 4.74 Å². The molecule has 2 aromatic rings. The van der Waals surface area contributed by atoms with Crippen LogP contribution in [0.2, 0.25) is 0 Å². The van der Waals surface area contributed by atoms with E-state index in [-0.39, 0.29) is 11.8 Å². The highest BCUT2D eigenvalue weighted by Crippen LogP contribution is 2.17. The van der Waals surface area contributed by atoms with Crippen LogP contribution in [0, 0.1) is 0 Å². The van der Waals surface area contributed by atoms with Crippen LogP contribution in [0.1, 0.15) is 35.7 Å². The normalized spacial score (nSPS) is 17.4. The third kappa shape index (κ3) is 5.04. The third-order valence-electron chi connectivity index (χ3n) is 5.77. The number of piperazine rings is 1. The molecule has 2 amide bonds. The lowest BCUT2D eigenvalue weighted by atomic mass is 10.1. The standard InChI is InChI=1S/C23H27N5O4/c1-17(21(30)26-11-13-27(14-12-26)23-24-8-4-9-25-23)32-22(31)19-6-2-5-18(15-19)16-28-10-3-7-20(28)29/h2,4-6,8-9,15,17H,3,7,10-14,16H2,1H3. The molecule has 2 aliphatic rings. The van der Waals surface area contributed by atoms with E-state index in [1.54, 1.807) is 53.4 Å². The lowest BCUT2D eigenvalue weighted by Gasteiger charge is -2.35. The van der Waals surface area contributed by atoms with Crippen molar-refractivity contribution in [1.82, 2.24) is 19.8 Å². The zero-order chi connectivity index (χ0) is 22.5. The van der Waals surface area contributed by atoms with Gasteiger partial charge in [0, 0.05) is 58.1 Å². The van der Waals surface area contributed by atoms with E-state index in [1.807, 2.05) is 11.0 Å². The van der Waals surface area contributed by atoms with E-state index in [1.165, 1.54) is 0 Å². The van der Waals surface area contributed by atoms with Gasteiger partial charge in [-0.3, -0.25) is 9.59 Å². The largest absolute Gasteiger partial charge is 0.449 e. The predicted octanol–water partition coefficient (Wildman–Crippen LogP) is 1.49. The van der Waals surface area contributed by atoms with E-state index in [0.29, 0.717) is 50.7 Å². The molecular formula is C23H27N5O4. The van der Waals surface area contributed by atoms with Crippen molar-refractivity contribution in [3.05, 3.63) is 53.9 Å². The number of benzene rings is 1. The van der Waals surface area contributed by atoms with Crippen molar-refractivity contribution in [2.45, 2.75) is 32.4 Å². The fraction of sp³-hybridized carbons (Fsp3) is 0.435. The van der Waals surface area contributed by atoms with Crippen LogP contribution in [-0.2, 0) is 20.9 Å². The number of hydrogen-bond donors (Lipinski definition) is 0. The molecule has 2 fully saturated rings. The van der Waals surface area contributed by atoms with E-state index >= 15 is 0 Å². The number of hydrogen-bond acceptors (Lipinski definition) is 7. The number of nitrogens with zero attached hydrogens (tertiary/aromatic N) is 5. The number of carbonyl (C=O) groups excluding carboxylic acids is 3. The van der Waals surface area contributed by atoms with E-state index in [2.05, 4.69) is 9.97 Å². The Kier molecular flexibility index (Phi) is 6.63. The topological polar surface area (TPSA) is 95.9 Å². The van der Waals surface area contributed by atoms with Crippen LogP contribution >= 0.6 is 0 Å². The average Bonchev–Trinajstić information content (AvgIpc) is 3.23. The van der Waals surface area contributed by atoms with E-state index in [9.17, 15) is 14.4 Å². The summed E-state index contributed by atoms with van der Waals surface area (Å²) < 4.78 is 5.46. The number of carbonyl (C=O) groups is 3. The predicted molar refractivity (Wildman–Crippen MR) is 117 cm³/mol. The van der Waals surface area contributed by atoms with Crippen LogP contribution in [0.4, 0.5) is 5.95 Å². The molecule has 0 N–H and O–H groups in total. The van der Waals surface area contributed by atoms with Crippen LogP contribution < -0.4 is 4.90 Å². The Labute approximate surface area is 187 Å². The fourth-order valence-corrected chi connectivity index (χ4v) is 4.01. The Balaban J connectivity index is 1.30. The second-order valence-corrected chi connectivity index (χ2v) is 8.03. The zero-order valence-electron chi connectivity index (χ0n) is 18.1. The maximum atomic E-state index is 12.8. The summed E-state index contributed by atoms with van der Waals surface area (Å²) in [6.45, 7) is 5.07.